The molecule has 2 N–H and O–H groups in total. The lowest BCUT2D eigenvalue weighted by molar-refractivity contribution is -0.139. The summed E-state index contributed by atoms with van der Waals surface area (Å²) in [7, 11) is 0. The van der Waals surface area contributed by atoms with Gasteiger partial charge in [0.25, 0.3) is 11.5 Å². The van der Waals surface area contributed by atoms with Crippen LogP contribution < -0.4 is 10.3 Å². The van der Waals surface area contributed by atoms with Crippen LogP contribution in [0.25, 0.3) is 11.0 Å². The van der Waals surface area contributed by atoms with Crippen molar-refractivity contribution in [3.63, 3.8) is 0 Å². The van der Waals surface area contributed by atoms with Crippen molar-refractivity contribution in [1.82, 2.24) is 19.9 Å². The molecule has 1 saturated heterocycles. The molecule has 1 amide bonds. The van der Waals surface area contributed by atoms with Crippen LogP contribution in [0.4, 0.5) is 13.2 Å². The second kappa shape index (κ2) is 9.53. The largest absolute Gasteiger partial charge is 0.484 e. The number of alkyl halides is 3. The summed E-state index contributed by atoms with van der Waals surface area (Å²) in [6.45, 7) is 7.51. The van der Waals surface area contributed by atoms with E-state index in [4.69, 9.17) is 4.74 Å². The van der Waals surface area contributed by atoms with E-state index in [0.29, 0.717) is 18.7 Å². The Morgan fingerprint density at radius 2 is 1.78 bits per heavy atom. The standard InChI is InChI=1S/C25H27F3N4O4/c1-12-10-32(11-13(2)22(12)33)24(35)16-5-7-17(8-6-16)36-14(3)20-18(25(26,27)28)9-19-21(31-20)23(34)30-15(4)29-19/h5-9,12-14,22,33H,10-11H2,1-4H3,(H,29,30,34). The molecule has 0 radical (unpaired) electrons. The van der Waals surface area contributed by atoms with E-state index in [1.165, 1.54) is 26.0 Å². The van der Waals surface area contributed by atoms with E-state index in [0.717, 1.165) is 6.07 Å². The van der Waals surface area contributed by atoms with Crippen LogP contribution in [0.2, 0.25) is 0 Å². The number of carbonyl (C=O) groups is 1. The number of fused-ring (bicyclic) bond motifs is 1. The molecule has 1 fully saturated rings. The first-order valence-electron chi connectivity index (χ1n) is 11.6. The molecular weight excluding hydrogens is 477 g/mol. The van der Waals surface area contributed by atoms with Crippen LogP contribution in [0.3, 0.4) is 0 Å². The molecule has 0 spiro atoms. The van der Waals surface area contributed by atoms with Gasteiger partial charge in [0.05, 0.1) is 22.9 Å². The quantitative estimate of drug-likeness (QED) is 0.559. The zero-order valence-corrected chi connectivity index (χ0v) is 20.3. The Labute approximate surface area is 205 Å². The number of halogens is 3. The number of aliphatic hydroxyl groups is 1. The average molecular weight is 505 g/mol. The Bertz CT molecular complexity index is 1330. The third kappa shape index (κ3) is 5.06. The Kier molecular flexibility index (Phi) is 6.78. The number of amides is 1. The van der Waals surface area contributed by atoms with Gasteiger partial charge in [-0.3, -0.25) is 9.59 Å². The molecule has 1 aliphatic heterocycles. The maximum absolute atomic E-state index is 13.8. The van der Waals surface area contributed by atoms with Gasteiger partial charge in [-0.1, -0.05) is 13.8 Å². The molecule has 11 heteroatoms. The number of aliphatic hydroxyl groups excluding tert-OH is 1. The number of piperidine rings is 1. The first-order chi connectivity index (χ1) is 16.8. The highest BCUT2D eigenvalue weighted by Crippen LogP contribution is 2.36. The molecule has 3 heterocycles. The van der Waals surface area contributed by atoms with E-state index in [2.05, 4.69) is 15.0 Å². The second-order valence-corrected chi connectivity index (χ2v) is 9.38. The molecule has 1 aliphatic rings. The number of nitrogens with one attached hydrogen (secondary N) is 1. The summed E-state index contributed by atoms with van der Waals surface area (Å²) >= 11 is 0. The minimum absolute atomic E-state index is 0.0511. The molecule has 2 aromatic heterocycles. The summed E-state index contributed by atoms with van der Waals surface area (Å²) < 4.78 is 47.1. The van der Waals surface area contributed by atoms with Crippen LogP contribution in [0.15, 0.2) is 35.1 Å². The number of hydrogen-bond donors (Lipinski definition) is 2. The highest BCUT2D eigenvalue weighted by Gasteiger charge is 2.37. The number of pyridine rings is 1. The molecule has 3 aromatic rings. The number of benzene rings is 1. The van der Waals surface area contributed by atoms with Crippen LogP contribution in [0, 0.1) is 18.8 Å². The summed E-state index contributed by atoms with van der Waals surface area (Å²) in [5, 5.41) is 10.1. The predicted octanol–water partition coefficient (Wildman–Crippen LogP) is 3.87. The zero-order valence-electron chi connectivity index (χ0n) is 20.3. The number of aromatic amines is 1. The van der Waals surface area contributed by atoms with Crippen molar-refractivity contribution < 1.29 is 27.8 Å². The Balaban J connectivity index is 1.57. The van der Waals surface area contributed by atoms with Gasteiger partial charge < -0.3 is 19.7 Å². The van der Waals surface area contributed by atoms with Gasteiger partial charge in [-0.2, -0.15) is 13.2 Å². The van der Waals surface area contributed by atoms with Gasteiger partial charge in [-0.15, -0.1) is 0 Å². The Morgan fingerprint density at radius 3 is 2.36 bits per heavy atom. The number of ether oxygens (including phenoxy) is 1. The lowest BCUT2D eigenvalue weighted by Gasteiger charge is -2.38. The fraction of sp³-hybridized carbons (Fsp3) is 0.440. The van der Waals surface area contributed by atoms with Crippen molar-refractivity contribution in [3.8, 4) is 5.75 Å². The van der Waals surface area contributed by atoms with E-state index in [9.17, 15) is 27.9 Å². The summed E-state index contributed by atoms with van der Waals surface area (Å²) in [4.78, 5) is 37.2. The zero-order chi connectivity index (χ0) is 26.4. The lowest BCUT2D eigenvalue weighted by Crippen LogP contribution is -2.49. The first kappa shape index (κ1) is 25.6. The molecule has 192 valence electrons. The number of aryl methyl sites for hydroxylation is 1. The molecule has 3 atom stereocenters. The summed E-state index contributed by atoms with van der Waals surface area (Å²) in [6.07, 6.45) is -6.36. The summed E-state index contributed by atoms with van der Waals surface area (Å²) in [5.41, 5.74) is -2.09. The van der Waals surface area contributed by atoms with Crippen molar-refractivity contribution in [3.05, 3.63) is 63.3 Å². The average Bonchev–Trinajstić information content (AvgIpc) is 2.80. The SMILES string of the molecule is Cc1nc2cc(C(F)(F)F)c(C(C)Oc3ccc(C(=O)N4CC(C)C(O)C(C)C4)cc3)nc2c(=O)[nH]1. The maximum Gasteiger partial charge on any atom is 0.418 e. The Hall–Kier alpha value is -3.47. The van der Waals surface area contributed by atoms with Crippen LogP contribution in [-0.2, 0) is 6.18 Å². The molecule has 3 unspecified atom stereocenters. The van der Waals surface area contributed by atoms with E-state index < -0.39 is 35.2 Å². The van der Waals surface area contributed by atoms with Crippen molar-refractivity contribution in [2.45, 2.75) is 46.1 Å². The van der Waals surface area contributed by atoms with Gasteiger partial charge >= 0.3 is 6.18 Å². The van der Waals surface area contributed by atoms with Gasteiger partial charge in [0.1, 0.15) is 17.7 Å². The molecule has 8 nitrogen and oxygen atoms in total. The highest BCUT2D eigenvalue weighted by atomic mass is 19.4. The van der Waals surface area contributed by atoms with Crippen molar-refractivity contribution >= 4 is 16.9 Å². The van der Waals surface area contributed by atoms with Crippen LogP contribution in [0.1, 0.15) is 54.3 Å². The van der Waals surface area contributed by atoms with Gasteiger partial charge in [-0.05, 0) is 56.0 Å². The van der Waals surface area contributed by atoms with Crippen LogP contribution in [-0.4, -0.2) is 50.1 Å². The fourth-order valence-corrected chi connectivity index (χ4v) is 4.57. The number of aromatic nitrogens is 3. The monoisotopic (exact) mass is 504 g/mol. The van der Waals surface area contributed by atoms with Gasteiger partial charge in [0.2, 0.25) is 0 Å². The molecule has 0 bridgehead atoms. The number of likely N-dealkylation sites (tertiary alicyclic amines) is 1. The predicted molar refractivity (Wildman–Crippen MR) is 126 cm³/mol. The highest BCUT2D eigenvalue weighted by molar-refractivity contribution is 5.94. The summed E-state index contributed by atoms with van der Waals surface area (Å²) in [5.74, 6) is 0.118. The topological polar surface area (TPSA) is 108 Å². The van der Waals surface area contributed by atoms with Gasteiger partial charge in [0.15, 0.2) is 5.52 Å². The minimum Gasteiger partial charge on any atom is -0.484 e. The molecular formula is C25H27F3N4O4. The molecule has 0 aliphatic carbocycles. The summed E-state index contributed by atoms with van der Waals surface area (Å²) in [6, 6.07) is 6.89. The third-order valence-electron chi connectivity index (χ3n) is 6.40. The van der Waals surface area contributed by atoms with Gasteiger partial charge in [0, 0.05) is 18.7 Å². The normalized spacial score (nSPS) is 21.4. The van der Waals surface area contributed by atoms with Crippen LogP contribution >= 0.6 is 0 Å². The Morgan fingerprint density at radius 1 is 1.17 bits per heavy atom. The van der Waals surface area contributed by atoms with Crippen molar-refractivity contribution in [2.24, 2.45) is 11.8 Å². The first-order valence-corrected chi connectivity index (χ1v) is 11.6. The molecule has 4 rings (SSSR count). The fourth-order valence-electron chi connectivity index (χ4n) is 4.57. The van der Waals surface area contributed by atoms with Crippen molar-refractivity contribution in [1.29, 1.82) is 0 Å². The number of carbonyl (C=O) groups excluding carboxylic acids is 1. The van der Waals surface area contributed by atoms with Crippen molar-refractivity contribution in [2.75, 3.05) is 13.1 Å². The number of rotatable bonds is 4. The van der Waals surface area contributed by atoms with Gasteiger partial charge in [-0.25, -0.2) is 9.97 Å². The lowest BCUT2D eigenvalue weighted by atomic mass is 9.88. The molecule has 1 aromatic carbocycles. The molecule has 36 heavy (non-hydrogen) atoms. The maximum atomic E-state index is 13.8. The molecule has 0 saturated carbocycles. The van der Waals surface area contributed by atoms with E-state index in [1.807, 2.05) is 13.8 Å². The minimum atomic E-state index is -4.74. The second-order valence-electron chi connectivity index (χ2n) is 9.38. The smallest absolute Gasteiger partial charge is 0.418 e. The number of nitrogens with zero attached hydrogens (tertiary/aromatic N) is 3. The van der Waals surface area contributed by atoms with E-state index >= 15 is 0 Å². The van der Waals surface area contributed by atoms with Crippen LogP contribution in [0.5, 0.6) is 5.75 Å². The number of H-pyrrole nitrogens is 1. The third-order valence-corrected chi connectivity index (χ3v) is 6.40. The van der Waals surface area contributed by atoms with E-state index in [-0.39, 0.29) is 40.4 Å². The number of hydrogen-bond acceptors (Lipinski definition) is 6. The van der Waals surface area contributed by atoms with E-state index in [1.54, 1.807) is 17.0 Å².